The lowest BCUT2D eigenvalue weighted by Gasteiger charge is -2.36. The molecule has 0 N–H and O–H groups in total. The van der Waals surface area contributed by atoms with Crippen LogP contribution in [0.4, 0.5) is 35.3 Å². The van der Waals surface area contributed by atoms with Gasteiger partial charge in [-0.15, -0.1) is 0 Å². The number of hydrogen-bond donors (Lipinski definition) is 0. The number of anilines is 3. The predicted octanol–water partition coefficient (Wildman–Crippen LogP) is 4.67. The molecule has 2 aromatic heterocycles. The first-order chi connectivity index (χ1) is 16.8. The summed E-state index contributed by atoms with van der Waals surface area (Å²) in [7, 11) is 0. The molecule has 7 nitrogen and oxygen atoms in total. The number of hydrogen-bond acceptors (Lipinski definition) is 7. The number of nitrogens with zero attached hydrogens (tertiary/aromatic N) is 7. The molecule has 0 bridgehead atoms. The van der Waals surface area contributed by atoms with Gasteiger partial charge in [0.1, 0.15) is 11.6 Å². The zero-order valence-corrected chi connectivity index (χ0v) is 19.4. The molecule has 1 aromatic carbocycles. The lowest BCUT2D eigenvalue weighted by atomic mass is 10.2. The number of rotatable bonds is 4. The highest BCUT2D eigenvalue weighted by molar-refractivity contribution is 6.31. The summed E-state index contributed by atoms with van der Waals surface area (Å²) >= 11 is 5.98. The van der Waals surface area contributed by atoms with Gasteiger partial charge in [-0.3, -0.25) is 0 Å². The van der Waals surface area contributed by atoms with Crippen molar-refractivity contribution in [2.45, 2.75) is 19.0 Å². The third-order valence-corrected chi connectivity index (χ3v) is 6.42. The second kappa shape index (κ2) is 9.44. The van der Waals surface area contributed by atoms with Gasteiger partial charge in [-0.2, -0.15) is 28.1 Å². The Morgan fingerprint density at radius 3 is 2.06 bits per heavy atom. The molecule has 184 valence electrons. The summed E-state index contributed by atoms with van der Waals surface area (Å²) in [5.41, 5.74) is -0.192. The van der Waals surface area contributed by atoms with Crippen LogP contribution < -0.4 is 14.7 Å². The number of pyridine rings is 1. The van der Waals surface area contributed by atoms with Gasteiger partial charge in [-0.25, -0.2) is 9.37 Å². The van der Waals surface area contributed by atoms with E-state index in [9.17, 15) is 17.6 Å². The first-order valence-electron chi connectivity index (χ1n) is 11.3. The van der Waals surface area contributed by atoms with Crippen LogP contribution in [0.3, 0.4) is 0 Å². The monoisotopic (exact) mass is 507 g/mol. The van der Waals surface area contributed by atoms with Gasteiger partial charge in [0.15, 0.2) is 5.82 Å². The quantitative estimate of drug-likeness (QED) is 0.475. The van der Waals surface area contributed by atoms with Crippen LogP contribution in [0.5, 0.6) is 0 Å². The van der Waals surface area contributed by atoms with E-state index >= 15 is 0 Å². The summed E-state index contributed by atoms with van der Waals surface area (Å²) in [5.74, 6) is 0.705. The van der Waals surface area contributed by atoms with Gasteiger partial charge < -0.3 is 14.7 Å². The molecule has 0 aliphatic carbocycles. The first kappa shape index (κ1) is 23.5. The Morgan fingerprint density at radius 1 is 0.800 bits per heavy atom. The number of piperazine rings is 1. The molecule has 2 fully saturated rings. The maximum atomic E-state index is 13.7. The minimum Gasteiger partial charge on any atom is -0.353 e. The Morgan fingerprint density at radius 2 is 1.43 bits per heavy atom. The predicted molar refractivity (Wildman–Crippen MR) is 125 cm³/mol. The molecule has 0 radical (unpaired) electrons. The summed E-state index contributed by atoms with van der Waals surface area (Å²) in [5, 5.41) is -0.0309. The molecule has 4 heterocycles. The van der Waals surface area contributed by atoms with Crippen molar-refractivity contribution in [3.05, 3.63) is 52.9 Å². The fourth-order valence-electron chi connectivity index (χ4n) is 4.31. The third kappa shape index (κ3) is 4.95. The van der Waals surface area contributed by atoms with E-state index in [0.29, 0.717) is 49.5 Å². The molecule has 0 unspecified atom stereocenters. The fourth-order valence-corrected chi connectivity index (χ4v) is 4.49. The van der Waals surface area contributed by atoms with E-state index in [1.54, 1.807) is 11.0 Å². The SMILES string of the molecule is Fc1ccc(-c2nc(N3CCCC3)nc(N3CCN(c4ncccc4C(F)(F)F)CC3)n2)cc1Cl. The molecule has 35 heavy (non-hydrogen) atoms. The zero-order chi connectivity index (χ0) is 24.6. The van der Waals surface area contributed by atoms with Gasteiger partial charge in [-0.05, 0) is 43.2 Å². The van der Waals surface area contributed by atoms with Gasteiger partial charge in [0.25, 0.3) is 0 Å². The Bertz CT molecular complexity index is 1210. The van der Waals surface area contributed by atoms with Gasteiger partial charge in [0.05, 0.1) is 10.6 Å². The van der Waals surface area contributed by atoms with Crippen LogP contribution in [-0.2, 0) is 6.18 Å². The van der Waals surface area contributed by atoms with Crippen molar-refractivity contribution >= 4 is 29.3 Å². The maximum absolute atomic E-state index is 13.7. The standard InChI is InChI=1S/C23H22ClF4N7/c24-17-14-15(5-6-18(17)25)19-30-21(34-8-1-2-9-34)32-22(31-19)35-12-10-33(11-13-35)20-16(23(26,27)28)4-3-7-29-20/h3-7,14H,1-2,8-13H2. The van der Waals surface area contributed by atoms with Crippen LogP contribution in [-0.4, -0.2) is 59.2 Å². The second-order valence-electron chi connectivity index (χ2n) is 8.43. The van der Waals surface area contributed by atoms with Gasteiger partial charge >= 0.3 is 6.18 Å². The molecule has 2 aliphatic heterocycles. The van der Waals surface area contributed by atoms with Gasteiger partial charge in [-0.1, -0.05) is 11.6 Å². The highest BCUT2D eigenvalue weighted by Crippen LogP contribution is 2.35. The number of aromatic nitrogens is 4. The molecule has 2 aliphatic rings. The van der Waals surface area contributed by atoms with Crippen LogP contribution in [0.2, 0.25) is 5.02 Å². The Balaban J connectivity index is 1.42. The van der Waals surface area contributed by atoms with E-state index in [-0.39, 0.29) is 10.8 Å². The third-order valence-electron chi connectivity index (χ3n) is 6.13. The summed E-state index contributed by atoms with van der Waals surface area (Å²) in [4.78, 5) is 23.5. The van der Waals surface area contributed by atoms with Crippen molar-refractivity contribution in [2.75, 3.05) is 54.0 Å². The average Bonchev–Trinajstić information content (AvgIpc) is 3.40. The Kier molecular flexibility index (Phi) is 6.35. The van der Waals surface area contributed by atoms with Crippen LogP contribution in [0.25, 0.3) is 11.4 Å². The van der Waals surface area contributed by atoms with Crippen LogP contribution in [0, 0.1) is 5.82 Å². The summed E-state index contributed by atoms with van der Waals surface area (Å²) in [6, 6.07) is 6.63. The summed E-state index contributed by atoms with van der Waals surface area (Å²) in [6.07, 6.45) is -1.05. The number of alkyl halides is 3. The molecular weight excluding hydrogens is 486 g/mol. The molecule has 0 saturated carbocycles. The van der Waals surface area contributed by atoms with Gasteiger partial charge in [0, 0.05) is 51.0 Å². The van der Waals surface area contributed by atoms with Crippen molar-refractivity contribution in [1.82, 2.24) is 19.9 Å². The molecule has 0 amide bonds. The van der Waals surface area contributed by atoms with E-state index < -0.39 is 17.6 Å². The van der Waals surface area contributed by atoms with E-state index in [0.717, 1.165) is 32.0 Å². The molecule has 0 spiro atoms. The minimum atomic E-state index is -4.48. The van der Waals surface area contributed by atoms with Crippen molar-refractivity contribution in [3.8, 4) is 11.4 Å². The lowest BCUT2D eigenvalue weighted by molar-refractivity contribution is -0.137. The molecule has 12 heteroatoms. The maximum Gasteiger partial charge on any atom is 0.419 e. The highest BCUT2D eigenvalue weighted by atomic mass is 35.5. The molecule has 2 saturated heterocycles. The first-order valence-corrected chi connectivity index (χ1v) is 11.7. The van der Waals surface area contributed by atoms with Gasteiger partial charge in [0.2, 0.25) is 11.9 Å². The van der Waals surface area contributed by atoms with E-state index in [1.807, 2.05) is 4.90 Å². The smallest absolute Gasteiger partial charge is 0.353 e. The van der Waals surface area contributed by atoms with Crippen LogP contribution in [0.15, 0.2) is 36.5 Å². The highest BCUT2D eigenvalue weighted by Gasteiger charge is 2.36. The molecular formula is C23H22ClF4N7. The Hall–Kier alpha value is -3.21. The Labute approximate surface area is 204 Å². The lowest BCUT2D eigenvalue weighted by Crippen LogP contribution is -2.48. The van der Waals surface area contributed by atoms with Crippen molar-refractivity contribution in [1.29, 1.82) is 0 Å². The summed E-state index contributed by atoms with van der Waals surface area (Å²) in [6.45, 7) is 3.09. The molecule has 5 rings (SSSR count). The average molecular weight is 508 g/mol. The number of benzene rings is 1. The summed E-state index contributed by atoms with van der Waals surface area (Å²) < 4.78 is 54.1. The van der Waals surface area contributed by atoms with Crippen molar-refractivity contribution in [2.24, 2.45) is 0 Å². The van der Waals surface area contributed by atoms with Crippen molar-refractivity contribution < 1.29 is 17.6 Å². The number of halogens is 5. The fraction of sp³-hybridized carbons (Fsp3) is 0.391. The zero-order valence-electron chi connectivity index (χ0n) is 18.6. The molecule has 0 atom stereocenters. The van der Waals surface area contributed by atoms with Crippen molar-refractivity contribution in [3.63, 3.8) is 0 Å². The minimum absolute atomic E-state index is 0.0309. The van der Waals surface area contributed by atoms with Crippen LogP contribution in [0.1, 0.15) is 18.4 Å². The molecule has 3 aromatic rings. The second-order valence-corrected chi connectivity index (χ2v) is 8.84. The van der Waals surface area contributed by atoms with E-state index in [1.165, 1.54) is 24.4 Å². The normalized spacial score (nSPS) is 16.8. The van der Waals surface area contributed by atoms with E-state index in [4.69, 9.17) is 11.6 Å². The largest absolute Gasteiger partial charge is 0.419 e. The van der Waals surface area contributed by atoms with Crippen LogP contribution >= 0.6 is 11.6 Å². The topological polar surface area (TPSA) is 61.3 Å². The van der Waals surface area contributed by atoms with E-state index in [2.05, 4.69) is 24.8 Å².